The Balaban J connectivity index is 2.46. The Morgan fingerprint density at radius 2 is 2.21 bits per heavy atom. The van der Waals surface area contributed by atoms with Crippen LogP contribution in [-0.2, 0) is 4.79 Å². The molecular weight excluding hydrogens is 249 g/mol. The van der Waals surface area contributed by atoms with Crippen molar-refractivity contribution in [3.8, 4) is 0 Å². The number of aliphatic hydroxyl groups excluding tert-OH is 1. The van der Waals surface area contributed by atoms with Crippen LogP contribution in [0.15, 0.2) is 18.2 Å². The minimum absolute atomic E-state index is 0.0698. The van der Waals surface area contributed by atoms with Gasteiger partial charge in [-0.15, -0.1) is 0 Å². The van der Waals surface area contributed by atoms with Crippen molar-refractivity contribution in [1.29, 1.82) is 0 Å². The quantitative estimate of drug-likeness (QED) is 0.647. The van der Waals surface area contributed by atoms with Crippen LogP contribution in [-0.4, -0.2) is 42.2 Å². The number of carbonyl (C=O) groups excluding carboxylic acids is 1. The van der Waals surface area contributed by atoms with E-state index in [9.17, 15) is 9.18 Å². The average molecular weight is 269 g/mol. The largest absolute Gasteiger partial charge is 0.397 e. The second-order valence-electron chi connectivity index (χ2n) is 4.19. The molecular formula is C13H20FN3O2. The van der Waals surface area contributed by atoms with Gasteiger partial charge >= 0.3 is 0 Å². The molecule has 0 atom stereocenters. The Kier molecular flexibility index (Phi) is 6.24. The lowest BCUT2D eigenvalue weighted by Crippen LogP contribution is -2.30. The first-order valence-electron chi connectivity index (χ1n) is 6.25. The van der Waals surface area contributed by atoms with E-state index in [0.717, 1.165) is 6.54 Å². The molecule has 0 aliphatic heterocycles. The molecule has 0 radical (unpaired) electrons. The van der Waals surface area contributed by atoms with Gasteiger partial charge in [0.25, 0.3) is 0 Å². The van der Waals surface area contributed by atoms with Gasteiger partial charge in [0.05, 0.1) is 18.0 Å². The van der Waals surface area contributed by atoms with Crippen molar-refractivity contribution in [3.63, 3.8) is 0 Å². The summed E-state index contributed by atoms with van der Waals surface area (Å²) in [5.41, 5.74) is 6.22. The lowest BCUT2D eigenvalue weighted by Gasteiger charge is -2.18. The summed E-state index contributed by atoms with van der Waals surface area (Å²) in [7, 11) is 0. The minimum Gasteiger partial charge on any atom is -0.397 e. The van der Waals surface area contributed by atoms with Gasteiger partial charge in [0, 0.05) is 19.5 Å². The van der Waals surface area contributed by atoms with Crippen LogP contribution >= 0.6 is 0 Å². The van der Waals surface area contributed by atoms with Crippen molar-refractivity contribution in [2.24, 2.45) is 0 Å². The molecule has 0 bridgehead atoms. The molecule has 1 amide bonds. The van der Waals surface area contributed by atoms with Crippen molar-refractivity contribution in [3.05, 3.63) is 24.0 Å². The van der Waals surface area contributed by atoms with E-state index in [4.69, 9.17) is 10.8 Å². The molecule has 1 aromatic rings. The molecule has 1 rings (SSSR count). The van der Waals surface area contributed by atoms with Crippen LogP contribution in [0.25, 0.3) is 0 Å². The third kappa shape index (κ3) is 5.23. The van der Waals surface area contributed by atoms with Gasteiger partial charge in [0.1, 0.15) is 5.82 Å². The Morgan fingerprint density at radius 3 is 2.79 bits per heavy atom. The van der Waals surface area contributed by atoms with Crippen LogP contribution in [0.5, 0.6) is 0 Å². The molecule has 0 aromatic heterocycles. The van der Waals surface area contributed by atoms with E-state index in [0.29, 0.717) is 25.2 Å². The Bertz CT molecular complexity index is 426. The first-order chi connectivity index (χ1) is 9.06. The molecule has 0 saturated carbocycles. The monoisotopic (exact) mass is 269 g/mol. The van der Waals surface area contributed by atoms with E-state index in [1.54, 1.807) is 0 Å². The van der Waals surface area contributed by atoms with Gasteiger partial charge in [0.15, 0.2) is 0 Å². The molecule has 0 aliphatic rings. The zero-order valence-corrected chi connectivity index (χ0v) is 11.0. The lowest BCUT2D eigenvalue weighted by molar-refractivity contribution is -0.116. The van der Waals surface area contributed by atoms with E-state index in [1.165, 1.54) is 18.2 Å². The number of aliphatic hydroxyl groups is 1. The van der Waals surface area contributed by atoms with E-state index in [2.05, 4.69) is 5.32 Å². The fourth-order valence-electron chi connectivity index (χ4n) is 1.69. The zero-order chi connectivity index (χ0) is 14.3. The van der Waals surface area contributed by atoms with Crippen LogP contribution in [0.3, 0.4) is 0 Å². The van der Waals surface area contributed by atoms with Crippen molar-refractivity contribution in [2.75, 3.05) is 37.3 Å². The number of nitrogens with two attached hydrogens (primary N) is 1. The molecule has 0 heterocycles. The number of nitrogen functional groups attached to an aromatic ring is 1. The third-order valence-corrected chi connectivity index (χ3v) is 2.81. The molecule has 6 heteroatoms. The summed E-state index contributed by atoms with van der Waals surface area (Å²) in [5, 5.41) is 11.5. The first kappa shape index (κ1) is 15.4. The first-order valence-corrected chi connectivity index (χ1v) is 6.25. The molecule has 106 valence electrons. The van der Waals surface area contributed by atoms with Crippen LogP contribution in [0, 0.1) is 5.82 Å². The number of nitrogens with one attached hydrogen (secondary N) is 1. The van der Waals surface area contributed by atoms with Crippen molar-refractivity contribution < 1.29 is 14.3 Å². The van der Waals surface area contributed by atoms with Gasteiger partial charge in [0.2, 0.25) is 5.91 Å². The Labute approximate surface area is 112 Å². The topological polar surface area (TPSA) is 78.6 Å². The molecule has 0 spiro atoms. The highest BCUT2D eigenvalue weighted by molar-refractivity contribution is 5.93. The number of nitrogens with zero attached hydrogens (tertiary/aromatic N) is 1. The number of rotatable bonds is 7. The summed E-state index contributed by atoms with van der Waals surface area (Å²) in [6.45, 7) is 3.91. The number of benzene rings is 1. The van der Waals surface area contributed by atoms with E-state index < -0.39 is 5.82 Å². The molecule has 4 N–H and O–H groups in total. The van der Waals surface area contributed by atoms with Gasteiger partial charge < -0.3 is 21.1 Å². The van der Waals surface area contributed by atoms with Gasteiger partial charge in [-0.1, -0.05) is 6.92 Å². The van der Waals surface area contributed by atoms with Gasteiger partial charge in [-0.3, -0.25) is 4.79 Å². The summed E-state index contributed by atoms with van der Waals surface area (Å²) in [4.78, 5) is 13.7. The smallest absolute Gasteiger partial charge is 0.225 e. The number of likely N-dealkylation sites (N-methyl/N-ethyl adjacent to an activating group) is 1. The Morgan fingerprint density at radius 1 is 1.47 bits per heavy atom. The number of amides is 1. The predicted molar refractivity (Wildman–Crippen MR) is 73.3 cm³/mol. The summed E-state index contributed by atoms with van der Waals surface area (Å²) < 4.78 is 12.8. The molecule has 19 heavy (non-hydrogen) atoms. The maximum absolute atomic E-state index is 12.8. The summed E-state index contributed by atoms with van der Waals surface area (Å²) in [6, 6.07) is 3.85. The van der Waals surface area contributed by atoms with Crippen LogP contribution in [0.1, 0.15) is 13.3 Å². The van der Waals surface area contributed by atoms with E-state index >= 15 is 0 Å². The number of hydrogen-bond acceptors (Lipinski definition) is 4. The maximum atomic E-state index is 12.8. The summed E-state index contributed by atoms with van der Waals surface area (Å²) >= 11 is 0. The zero-order valence-electron chi connectivity index (χ0n) is 11.0. The molecule has 5 nitrogen and oxygen atoms in total. The second-order valence-corrected chi connectivity index (χ2v) is 4.19. The highest BCUT2D eigenvalue weighted by Crippen LogP contribution is 2.19. The molecule has 0 fully saturated rings. The number of carbonyl (C=O) groups is 1. The molecule has 0 aliphatic carbocycles. The standard InChI is InChI=1S/C13H20FN3O2/c1-2-17(7-8-18)6-5-13(19)16-12-4-3-10(14)9-11(12)15/h3-4,9,18H,2,5-8,15H2,1H3,(H,16,19). The average Bonchev–Trinajstić information content (AvgIpc) is 2.38. The van der Waals surface area contributed by atoms with Crippen LogP contribution in [0.4, 0.5) is 15.8 Å². The SMILES string of the molecule is CCN(CCO)CCC(=O)Nc1ccc(F)cc1N. The number of anilines is 2. The summed E-state index contributed by atoms with van der Waals surface area (Å²) in [6.07, 6.45) is 0.296. The highest BCUT2D eigenvalue weighted by atomic mass is 19.1. The van der Waals surface area contributed by atoms with E-state index in [-0.39, 0.29) is 18.2 Å². The van der Waals surface area contributed by atoms with E-state index in [1.807, 2.05) is 11.8 Å². The second kappa shape index (κ2) is 7.70. The van der Waals surface area contributed by atoms with Crippen molar-refractivity contribution in [2.45, 2.75) is 13.3 Å². The third-order valence-electron chi connectivity index (χ3n) is 2.81. The highest BCUT2D eigenvalue weighted by Gasteiger charge is 2.08. The summed E-state index contributed by atoms with van der Waals surface area (Å²) in [5.74, 6) is -0.620. The number of hydrogen-bond donors (Lipinski definition) is 3. The maximum Gasteiger partial charge on any atom is 0.225 e. The normalized spacial score (nSPS) is 10.7. The van der Waals surface area contributed by atoms with Gasteiger partial charge in [-0.05, 0) is 24.7 Å². The molecule has 0 saturated heterocycles. The molecule has 1 aromatic carbocycles. The minimum atomic E-state index is -0.435. The van der Waals surface area contributed by atoms with Crippen LogP contribution in [0.2, 0.25) is 0 Å². The Hall–Kier alpha value is -1.66. The van der Waals surface area contributed by atoms with Gasteiger partial charge in [-0.2, -0.15) is 0 Å². The lowest BCUT2D eigenvalue weighted by atomic mass is 10.2. The van der Waals surface area contributed by atoms with Crippen molar-refractivity contribution in [1.82, 2.24) is 4.90 Å². The van der Waals surface area contributed by atoms with Crippen LogP contribution < -0.4 is 11.1 Å². The van der Waals surface area contributed by atoms with Crippen molar-refractivity contribution >= 4 is 17.3 Å². The number of halogens is 1. The van der Waals surface area contributed by atoms with Gasteiger partial charge in [-0.25, -0.2) is 4.39 Å². The predicted octanol–water partition coefficient (Wildman–Crippen LogP) is 1.05. The fourth-order valence-corrected chi connectivity index (χ4v) is 1.69. The fraction of sp³-hybridized carbons (Fsp3) is 0.462. The molecule has 0 unspecified atom stereocenters.